The smallest absolute Gasteiger partial charge is 0.158 e. The molecule has 0 spiro atoms. The molecule has 7 atom stereocenters. The Morgan fingerprint density at radius 1 is 1.23 bits per heavy atom. The second-order valence-electron chi connectivity index (χ2n) is 8.69. The summed E-state index contributed by atoms with van der Waals surface area (Å²) >= 11 is 0. The Morgan fingerprint density at radius 2 is 2.05 bits per heavy atom. The van der Waals surface area contributed by atoms with Gasteiger partial charge < -0.3 is 15.2 Å². The lowest BCUT2D eigenvalue weighted by Crippen LogP contribution is -2.54. The molecule has 2 unspecified atom stereocenters. The number of hydrogen-bond acceptors (Lipinski definition) is 3. The van der Waals surface area contributed by atoms with Crippen molar-refractivity contribution in [1.29, 1.82) is 0 Å². The van der Waals surface area contributed by atoms with Gasteiger partial charge in [-0.05, 0) is 62.3 Å². The normalized spacial score (nSPS) is 54.2. The molecule has 4 rings (SSSR count). The Hall–Kier alpha value is -0.380. The van der Waals surface area contributed by atoms with Crippen molar-refractivity contribution in [2.75, 3.05) is 13.7 Å². The predicted molar refractivity (Wildman–Crippen MR) is 87.3 cm³/mol. The maximum atomic E-state index is 9.85. The summed E-state index contributed by atoms with van der Waals surface area (Å²) in [7, 11) is 2.14. The van der Waals surface area contributed by atoms with E-state index in [1.807, 2.05) is 0 Å². The highest BCUT2D eigenvalue weighted by molar-refractivity contribution is 5.25. The van der Waals surface area contributed by atoms with E-state index in [9.17, 15) is 5.11 Å². The summed E-state index contributed by atoms with van der Waals surface area (Å²) in [5.41, 5.74) is 2.12. The SMILES string of the molecule is CNC1CC[C@H]2[C@@H]3CC=C4CC(O)OC[C@]4(C)[C@@H]3CC[C@]12C. The third-order valence-corrected chi connectivity index (χ3v) is 7.94. The van der Waals surface area contributed by atoms with E-state index in [0.29, 0.717) is 18.1 Å². The Bertz CT molecular complexity index is 490. The molecule has 3 fully saturated rings. The average Bonchev–Trinajstić information content (AvgIpc) is 2.84. The summed E-state index contributed by atoms with van der Waals surface area (Å²) < 4.78 is 5.68. The van der Waals surface area contributed by atoms with Crippen molar-refractivity contribution in [2.45, 2.75) is 64.7 Å². The molecule has 3 nitrogen and oxygen atoms in total. The van der Waals surface area contributed by atoms with Gasteiger partial charge in [0.15, 0.2) is 6.29 Å². The minimum atomic E-state index is -0.579. The van der Waals surface area contributed by atoms with Gasteiger partial charge in [0, 0.05) is 17.9 Å². The van der Waals surface area contributed by atoms with Gasteiger partial charge in [0.25, 0.3) is 0 Å². The van der Waals surface area contributed by atoms with Gasteiger partial charge in [-0.15, -0.1) is 0 Å². The molecule has 0 aromatic heterocycles. The van der Waals surface area contributed by atoms with E-state index in [2.05, 4.69) is 32.3 Å². The molecule has 0 amide bonds. The van der Waals surface area contributed by atoms with Gasteiger partial charge in [0.2, 0.25) is 0 Å². The minimum absolute atomic E-state index is 0.168. The molecular weight excluding hydrogens is 274 g/mol. The minimum Gasteiger partial charge on any atom is -0.368 e. The Labute approximate surface area is 134 Å². The second kappa shape index (κ2) is 5.06. The Morgan fingerprint density at radius 3 is 2.82 bits per heavy atom. The van der Waals surface area contributed by atoms with Gasteiger partial charge in [0.05, 0.1) is 6.61 Å². The highest BCUT2D eigenvalue weighted by atomic mass is 16.6. The summed E-state index contributed by atoms with van der Waals surface area (Å²) in [6.45, 7) is 5.64. The Kier molecular flexibility index (Phi) is 3.49. The largest absolute Gasteiger partial charge is 0.368 e. The maximum absolute atomic E-state index is 9.85. The topological polar surface area (TPSA) is 41.5 Å². The lowest BCUT2D eigenvalue weighted by atomic mass is 9.49. The van der Waals surface area contributed by atoms with Gasteiger partial charge in [-0.3, -0.25) is 0 Å². The van der Waals surface area contributed by atoms with Crippen molar-refractivity contribution in [2.24, 2.45) is 28.6 Å². The van der Waals surface area contributed by atoms with E-state index in [0.717, 1.165) is 24.2 Å². The zero-order valence-corrected chi connectivity index (χ0v) is 14.3. The number of fused-ring (bicyclic) bond motifs is 5. The molecular formula is C19H31NO2. The van der Waals surface area contributed by atoms with Crippen LogP contribution in [0.3, 0.4) is 0 Å². The van der Waals surface area contributed by atoms with Gasteiger partial charge in [-0.25, -0.2) is 0 Å². The van der Waals surface area contributed by atoms with Crippen LogP contribution in [0.5, 0.6) is 0 Å². The lowest BCUT2D eigenvalue weighted by molar-refractivity contribution is -0.166. The number of nitrogens with one attached hydrogen (secondary N) is 1. The molecule has 22 heavy (non-hydrogen) atoms. The van der Waals surface area contributed by atoms with Gasteiger partial charge in [-0.2, -0.15) is 0 Å². The van der Waals surface area contributed by atoms with E-state index >= 15 is 0 Å². The molecule has 0 bridgehead atoms. The van der Waals surface area contributed by atoms with Crippen LogP contribution in [0, 0.1) is 28.6 Å². The molecule has 1 saturated heterocycles. The average molecular weight is 305 g/mol. The van der Waals surface area contributed by atoms with Crippen molar-refractivity contribution in [3.63, 3.8) is 0 Å². The molecule has 124 valence electrons. The molecule has 1 heterocycles. The van der Waals surface area contributed by atoms with Crippen LogP contribution in [0.4, 0.5) is 0 Å². The zero-order chi connectivity index (χ0) is 15.5. The molecule has 4 aliphatic rings. The first kappa shape index (κ1) is 15.2. The summed E-state index contributed by atoms with van der Waals surface area (Å²) in [4.78, 5) is 0. The summed E-state index contributed by atoms with van der Waals surface area (Å²) in [6.07, 6.45) is 9.21. The van der Waals surface area contributed by atoms with Gasteiger partial charge in [-0.1, -0.05) is 25.5 Å². The molecule has 2 saturated carbocycles. The molecule has 3 aliphatic carbocycles. The van der Waals surface area contributed by atoms with Crippen molar-refractivity contribution in [3.05, 3.63) is 11.6 Å². The molecule has 0 radical (unpaired) electrons. The number of hydrogen-bond donors (Lipinski definition) is 2. The highest BCUT2D eigenvalue weighted by Crippen LogP contribution is 2.63. The third kappa shape index (κ3) is 1.91. The molecule has 3 heteroatoms. The van der Waals surface area contributed by atoms with Crippen molar-refractivity contribution in [1.82, 2.24) is 5.32 Å². The lowest BCUT2D eigenvalue weighted by Gasteiger charge is -2.57. The zero-order valence-electron chi connectivity index (χ0n) is 14.3. The Balaban J connectivity index is 1.66. The van der Waals surface area contributed by atoms with Crippen LogP contribution in [-0.2, 0) is 4.74 Å². The van der Waals surface area contributed by atoms with Crippen LogP contribution in [-0.4, -0.2) is 31.1 Å². The number of allylic oxidation sites excluding steroid dienone is 1. The fourth-order valence-corrected chi connectivity index (χ4v) is 6.66. The first-order valence-corrected chi connectivity index (χ1v) is 9.15. The first-order chi connectivity index (χ1) is 10.5. The van der Waals surface area contributed by atoms with Crippen LogP contribution in [0.2, 0.25) is 0 Å². The number of rotatable bonds is 1. The number of aliphatic hydroxyl groups excluding tert-OH is 1. The van der Waals surface area contributed by atoms with E-state index in [4.69, 9.17) is 4.74 Å². The first-order valence-electron chi connectivity index (χ1n) is 9.15. The van der Waals surface area contributed by atoms with E-state index in [1.54, 1.807) is 0 Å². The van der Waals surface area contributed by atoms with Crippen molar-refractivity contribution >= 4 is 0 Å². The molecule has 0 aromatic rings. The van der Waals surface area contributed by atoms with E-state index in [-0.39, 0.29) is 5.41 Å². The highest BCUT2D eigenvalue weighted by Gasteiger charge is 2.58. The van der Waals surface area contributed by atoms with Crippen LogP contribution in [0.15, 0.2) is 11.6 Å². The fraction of sp³-hybridized carbons (Fsp3) is 0.895. The predicted octanol–water partition coefficient (Wildman–Crippen LogP) is 3.09. The van der Waals surface area contributed by atoms with Crippen LogP contribution in [0.25, 0.3) is 0 Å². The van der Waals surface area contributed by atoms with Crippen molar-refractivity contribution in [3.8, 4) is 0 Å². The van der Waals surface area contributed by atoms with E-state index in [1.165, 1.54) is 37.7 Å². The number of aliphatic hydroxyl groups is 1. The van der Waals surface area contributed by atoms with Crippen LogP contribution >= 0.6 is 0 Å². The maximum Gasteiger partial charge on any atom is 0.158 e. The monoisotopic (exact) mass is 305 g/mol. The second-order valence-corrected chi connectivity index (χ2v) is 8.69. The molecule has 0 aromatic carbocycles. The van der Waals surface area contributed by atoms with Crippen LogP contribution < -0.4 is 5.32 Å². The fourth-order valence-electron chi connectivity index (χ4n) is 6.66. The number of ether oxygens (including phenoxy) is 1. The molecule has 2 N–H and O–H groups in total. The van der Waals surface area contributed by atoms with Crippen molar-refractivity contribution < 1.29 is 9.84 Å². The third-order valence-electron chi connectivity index (χ3n) is 7.94. The van der Waals surface area contributed by atoms with Gasteiger partial charge >= 0.3 is 0 Å². The van der Waals surface area contributed by atoms with E-state index < -0.39 is 6.29 Å². The standard InChI is InChI=1S/C19H31NO2/c1-18-9-8-15-13(14(18)6-7-16(18)20-3)5-4-12-10-17(21)22-11-19(12,15)2/h4,13-17,20-21H,5-11H2,1-3H3/t13-,14-,15+,16?,17?,18-,19-/m0/s1. The quantitative estimate of drug-likeness (QED) is 0.732. The summed E-state index contributed by atoms with van der Waals surface area (Å²) in [5.74, 6) is 2.41. The summed E-state index contributed by atoms with van der Waals surface area (Å²) in [6, 6.07) is 0.695. The molecule has 1 aliphatic heterocycles. The van der Waals surface area contributed by atoms with Crippen LogP contribution in [0.1, 0.15) is 52.4 Å². The summed E-state index contributed by atoms with van der Waals surface area (Å²) in [5, 5.41) is 13.4. The van der Waals surface area contributed by atoms with Gasteiger partial charge in [0.1, 0.15) is 0 Å².